The molecule has 2 aromatic heterocycles. The van der Waals surface area contributed by atoms with E-state index in [1.807, 2.05) is 27.9 Å². The Morgan fingerprint density at radius 1 is 0.927 bits per heavy atom. The van der Waals surface area contributed by atoms with Crippen LogP contribution in [0.15, 0.2) is 34.1 Å². The van der Waals surface area contributed by atoms with Gasteiger partial charge in [-0.15, -0.1) is 0 Å². The number of rotatable bonds is 10. The third-order valence-corrected chi connectivity index (χ3v) is 8.38. The van der Waals surface area contributed by atoms with Crippen LogP contribution in [0.5, 0.6) is 0 Å². The number of hydrogen-bond acceptors (Lipinski definition) is 12. The van der Waals surface area contributed by atoms with Crippen LogP contribution in [0.1, 0.15) is 39.1 Å². The van der Waals surface area contributed by atoms with E-state index >= 15 is 0 Å². The minimum Gasteiger partial charge on any atom is -0.387 e. The van der Waals surface area contributed by atoms with E-state index in [1.165, 1.54) is 9.13 Å². The average Bonchev–Trinajstić information content (AvgIpc) is 3.44. The number of ether oxygens (including phenoxy) is 2. The second-order valence-corrected chi connectivity index (χ2v) is 11.8. The highest BCUT2D eigenvalue weighted by molar-refractivity contribution is 8.00. The van der Waals surface area contributed by atoms with Gasteiger partial charge in [0.05, 0.1) is 12.2 Å². The summed E-state index contributed by atoms with van der Waals surface area (Å²) in [6.45, 7) is 3.84. The highest BCUT2D eigenvalue weighted by Gasteiger charge is 2.46. The number of aliphatic hydroxyl groups is 2. The summed E-state index contributed by atoms with van der Waals surface area (Å²) in [4.78, 5) is 33.9. The van der Waals surface area contributed by atoms with Gasteiger partial charge in [0, 0.05) is 50.5 Å². The molecule has 2 aromatic rings. The smallest absolute Gasteiger partial charge is 0.351 e. The molecule has 0 amide bonds. The molecular weight excluding hydrogens is 612 g/mol. The largest absolute Gasteiger partial charge is 0.387 e. The van der Waals surface area contributed by atoms with Crippen LogP contribution in [0.3, 0.4) is 0 Å². The zero-order valence-corrected chi connectivity index (χ0v) is 27.9. The molecule has 230 valence electrons. The van der Waals surface area contributed by atoms with Crippen molar-refractivity contribution in [2.45, 2.75) is 75.8 Å². The van der Waals surface area contributed by atoms with Crippen molar-refractivity contribution in [1.29, 1.82) is 0 Å². The number of aliphatic hydroxyl groups excluding tert-OH is 2. The lowest BCUT2D eigenvalue weighted by atomic mass is 10.1. The Morgan fingerprint density at radius 2 is 1.39 bits per heavy atom. The van der Waals surface area contributed by atoms with Crippen molar-refractivity contribution in [1.82, 2.24) is 19.1 Å². The quantitative estimate of drug-likeness (QED) is 0.318. The zero-order valence-electron chi connectivity index (χ0n) is 23.6. The Morgan fingerprint density at radius 3 is 1.76 bits per heavy atom. The molecule has 18 heteroatoms. The SMILES string of the molecule is CC[C@H]1O[C@@H](n2ccc(N(C)C)nc2=O)C(OPP)[C@H]1O.CC[C@H]1O[C@@H](n2ccc(NC)nc2=O)C(OPP)[C@H]1O. The minimum atomic E-state index is -0.756. The summed E-state index contributed by atoms with van der Waals surface area (Å²) in [5.41, 5.74) is -0.859. The van der Waals surface area contributed by atoms with Crippen LogP contribution in [-0.4, -0.2) is 87.1 Å². The molecule has 4 rings (SSSR count). The molecule has 2 aliphatic rings. The van der Waals surface area contributed by atoms with Crippen molar-refractivity contribution in [3.05, 3.63) is 45.5 Å². The van der Waals surface area contributed by atoms with Crippen molar-refractivity contribution in [2.24, 2.45) is 0 Å². The van der Waals surface area contributed by atoms with E-state index in [4.69, 9.17) is 18.5 Å². The van der Waals surface area contributed by atoms with Gasteiger partial charge in [-0.05, 0) is 25.0 Å². The normalized spacial score (nSPS) is 29.8. The first-order valence-electron chi connectivity index (χ1n) is 13.0. The molecule has 0 aromatic carbocycles. The highest BCUT2D eigenvalue weighted by atomic mass is 32.0. The molecule has 2 saturated heterocycles. The predicted octanol–water partition coefficient (Wildman–Crippen LogP) is 1.47. The first kappa shape index (κ1) is 34.3. The second kappa shape index (κ2) is 16.1. The lowest BCUT2D eigenvalue weighted by molar-refractivity contribution is -0.0326. The van der Waals surface area contributed by atoms with Gasteiger partial charge in [0.2, 0.25) is 0 Å². The summed E-state index contributed by atoms with van der Waals surface area (Å²) in [7, 11) is 10.5. The molecule has 0 bridgehead atoms. The average molecular weight is 653 g/mol. The van der Waals surface area contributed by atoms with Gasteiger partial charge in [0.15, 0.2) is 12.5 Å². The van der Waals surface area contributed by atoms with E-state index in [2.05, 4.69) is 33.1 Å². The van der Waals surface area contributed by atoms with Crippen LogP contribution >= 0.6 is 34.8 Å². The standard InChI is InChI=1S/C12H21N3O4P2.C11H19N3O4P2/c1-4-7-9(16)10(19-21-20)11(18-7)15-6-5-8(14(2)3)13-12(15)17;1-3-6-8(15)9(18-20-19)10(17-6)14-5-4-7(12-2)13-11(14)16/h5-7,9-11,16,21H,4,20H2,1-3H3;4-6,8-10,15,20H,3,19H2,1-2H3,(H,12,13,16)/t7-,9+,10?,11-;6-,8+,9?,10-/m11/s1. The van der Waals surface area contributed by atoms with Gasteiger partial charge in [-0.1, -0.05) is 31.7 Å². The van der Waals surface area contributed by atoms with Crippen LogP contribution in [-0.2, 0) is 18.5 Å². The van der Waals surface area contributed by atoms with Crippen LogP contribution in [0.25, 0.3) is 0 Å². The number of nitrogens with zero attached hydrogens (tertiary/aromatic N) is 5. The van der Waals surface area contributed by atoms with E-state index in [0.717, 1.165) is 0 Å². The molecule has 41 heavy (non-hydrogen) atoms. The fraction of sp³-hybridized carbons (Fsp3) is 0.652. The van der Waals surface area contributed by atoms with Gasteiger partial charge in [0.1, 0.15) is 36.1 Å². The molecule has 0 spiro atoms. The molecule has 0 aliphatic carbocycles. The molecule has 0 radical (unpaired) electrons. The molecule has 0 saturated carbocycles. The molecule has 3 N–H and O–H groups in total. The number of anilines is 2. The van der Waals surface area contributed by atoms with Gasteiger partial charge < -0.3 is 39.0 Å². The minimum absolute atomic E-state index is 0.123. The van der Waals surface area contributed by atoms with Crippen LogP contribution in [0, 0.1) is 0 Å². The van der Waals surface area contributed by atoms with Gasteiger partial charge in [0.25, 0.3) is 0 Å². The maximum Gasteiger partial charge on any atom is 0.351 e. The first-order valence-corrected chi connectivity index (χ1v) is 18.5. The van der Waals surface area contributed by atoms with E-state index in [0.29, 0.717) is 24.5 Å². The van der Waals surface area contributed by atoms with Crippen molar-refractivity contribution >= 4 is 46.5 Å². The first-order chi connectivity index (χ1) is 19.6. The van der Waals surface area contributed by atoms with Crippen LogP contribution in [0.2, 0.25) is 0 Å². The fourth-order valence-corrected chi connectivity index (χ4v) is 6.33. The third-order valence-electron chi connectivity index (χ3n) is 6.75. The maximum atomic E-state index is 12.2. The van der Waals surface area contributed by atoms with E-state index < -0.39 is 48.3 Å². The Bertz CT molecular complexity index is 1240. The summed E-state index contributed by atoms with van der Waals surface area (Å²) >= 11 is 0. The van der Waals surface area contributed by atoms with Gasteiger partial charge in [-0.2, -0.15) is 9.97 Å². The summed E-state index contributed by atoms with van der Waals surface area (Å²) in [6, 6.07) is 3.41. The van der Waals surface area contributed by atoms with Crippen molar-refractivity contribution in [3.8, 4) is 0 Å². The van der Waals surface area contributed by atoms with E-state index in [1.54, 1.807) is 36.5 Å². The van der Waals surface area contributed by atoms with Crippen molar-refractivity contribution < 1.29 is 28.7 Å². The van der Waals surface area contributed by atoms with Gasteiger partial charge in [-0.3, -0.25) is 9.13 Å². The Balaban J connectivity index is 0.000000226. The number of hydrogen-bond donors (Lipinski definition) is 3. The fourth-order valence-electron chi connectivity index (χ4n) is 4.56. The number of nitrogens with one attached hydrogen (secondary N) is 1. The molecule has 12 atom stereocenters. The zero-order chi connectivity index (χ0) is 30.3. The highest BCUT2D eigenvalue weighted by Crippen LogP contribution is 2.39. The lowest BCUT2D eigenvalue weighted by Gasteiger charge is -2.22. The van der Waals surface area contributed by atoms with Gasteiger partial charge >= 0.3 is 11.4 Å². The molecule has 2 aliphatic heterocycles. The molecule has 2 fully saturated rings. The van der Waals surface area contributed by atoms with Crippen molar-refractivity contribution in [2.75, 3.05) is 31.4 Å². The van der Waals surface area contributed by atoms with Crippen LogP contribution < -0.4 is 21.6 Å². The molecule has 14 nitrogen and oxygen atoms in total. The molecule has 6 unspecified atom stereocenters. The second-order valence-electron chi connectivity index (χ2n) is 9.45. The molecule has 4 heterocycles. The monoisotopic (exact) mass is 652 g/mol. The summed E-state index contributed by atoms with van der Waals surface area (Å²) in [5, 5.41) is 23.2. The Hall–Kier alpha value is -1.16. The summed E-state index contributed by atoms with van der Waals surface area (Å²) in [6.07, 6.45) is -0.147. The molecular formula is C23H40N6O8P4. The third kappa shape index (κ3) is 8.07. The Labute approximate surface area is 246 Å². The Kier molecular flexibility index (Phi) is 13.5. The number of aromatic nitrogens is 4. The van der Waals surface area contributed by atoms with Crippen molar-refractivity contribution in [3.63, 3.8) is 0 Å². The van der Waals surface area contributed by atoms with E-state index in [9.17, 15) is 19.8 Å². The van der Waals surface area contributed by atoms with Crippen LogP contribution in [0.4, 0.5) is 11.6 Å². The summed E-state index contributed by atoms with van der Waals surface area (Å²) in [5.74, 6) is 1.06. The van der Waals surface area contributed by atoms with Gasteiger partial charge in [-0.25, -0.2) is 9.59 Å². The topological polar surface area (TPSA) is 162 Å². The maximum absolute atomic E-state index is 12.2. The lowest BCUT2D eigenvalue weighted by Crippen LogP contribution is -2.36. The summed E-state index contributed by atoms with van der Waals surface area (Å²) < 4.78 is 25.4. The predicted molar refractivity (Wildman–Crippen MR) is 167 cm³/mol. The van der Waals surface area contributed by atoms with E-state index in [-0.39, 0.29) is 29.2 Å².